The van der Waals surface area contributed by atoms with Gasteiger partial charge in [0.1, 0.15) is 13.0 Å². The fourth-order valence-electron chi connectivity index (χ4n) is 0.423. The summed E-state index contributed by atoms with van der Waals surface area (Å²) in [5, 5.41) is 8.06. The van der Waals surface area contributed by atoms with E-state index in [1.54, 1.807) is 0 Å². The smallest absolute Gasteiger partial charge is 0.317 e. The first-order valence-corrected chi connectivity index (χ1v) is 4.16. The van der Waals surface area contributed by atoms with Crippen molar-refractivity contribution in [3.8, 4) is 0 Å². The van der Waals surface area contributed by atoms with Crippen LogP contribution < -0.4 is 0 Å². The number of carbonyl (C=O) groups excluding carboxylic acids is 1. The summed E-state index contributed by atoms with van der Waals surface area (Å²) >= 11 is 0. The average Bonchev–Trinajstić information content (AvgIpc) is 2.84. The van der Waals surface area contributed by atoms with Gasteiger partial charge in [0.2, 0.25) is 0 Å². The molecule has 1 aliphatic heterocycles. The number of carbonyl (C=O) groups is 2. The van der Waals surface area contributed by atoms with Crippen LogP contribution in [0.25, 0.3) is 0 Å². The normalized spacial score (nSPS) is 17.4. The first-order chi connectivity index (χ1) is 6.56. The summed E-state index contributed by atoms with van der Waals surface area (Å²) in [5.74, 6) is -1.93. The molecule has 1 atom stereocenters. The van der Waals surface area contributed by atoms with Crippen molar-refractivity contribution in [2.75, 3.05) is 13.2 Å². The number of carboxylic acid groups (broad SMARTS) is 1. The van der Waals surface area contributed by atoms with Crippen molar-refractivity contribution in [1.82, 2.24) is 0 Å². The predicted octanol–water partition coefficient (Wildman–Crippen LogP) is 0.595. The zero-order valence-electron chi connectivity index (χ0n) is 8.06. The molecule has 1 heterocycles. The monoisotopic (exact) mass is 202 g/mol. The molecule has 0 aliphatic carbocycles. The van der Waals surface area contributed by atoms with E-state index in [1.807, 2.05) is 0 Å². The van der Waals surface area contributed by atoms with E-state index in [9.17, 15) is 9.59 Å². The van der Waals surface area contributed by atoms with Gasteiger partial charge in [-0.2, -0.15) is 0 Å². The van der Waals surface area contributed by atoms with Gasteiger partial charge in [0.15, 0.2) is 0 Å². The Morgan fingerprint density at radius 2 is 2.21 bits per heavy atom. The highest BCUT2D eigenvalue weighted by atomic mass is 16.6. The molecule has 0 aromatic heterocycles. The molecule has 0 saturated carbocycles. The summed E-state index contributed by atoms with van der Waals surface area (Å²) in [6.07, 6.45) is 1.37. The highest BCUT2D eigenvalue weighted by Gasteiger charge is 2.13. The van der Waals surface area contributed by atoms with Gasteiger partial charge >= 0.3 is 11.9 Å². The minimum Gasteiger partial charge on any atom is -0.481 e. The molecule has 5 nitrogen and oxygen atoms in total. The average molecular weight is 202 g/mol. The quantitative estimate of drug-likeness (QED) is 0.312. The van der Waals surface area contributed by atoms with Crippen LogP contribution in [0.4, 0.5) is 0 Å². The van der Waals surface area contributed by atoms with Gasteiger partial charge in [-0.05, 0) is 6.92 Å². The van der Waals surface area contributed by atoms with E-state index >= 15 is 0 Å². The molecular formula is C9H14O5. The largest absolute Gasteiger partial charge is 0.481 e. The SMILES string of the molecule is C=CCOC(=O)CC(=O)O.CC1CO1. The van der Waals surface area contributed by atoms with Gasteiger partial charge in [0.25, 0.3) is 0 Å². The van der Waals surface area contributed by atoms with Crippen molar-refractivity contribution >= 4 is 11.9 Å². The lowest BCUT2D eigenvalue weighted by Crippen LogP contribution is -2.10. The first kappa shape index (κ1) is 12.6. The third-order valence-corrected chi connectivity index (χ3v) is 1.16. The van der Waals surface area contributed by atoms with E-state index in [0.717, 1.165) is 6.61 Å². The van der Waals surface area contributed by atoms with Crippen LogP contribution in [0.1, 0.15) is 13.3 Å². The molecule has 1 fully saturated rings. The molecule has 0 amide bonds. The molecule has 1 aliphatic rings. The number of rotatable bonds is 4. The van der Waals surface area contributed by atoms with E-state index < -0.39 is 18.4 Å². The Labute approximate surface area is 82.3 Å². The minimum absolute atomic E-state index is 0.0616. The van der Waals surface area contributed by atoms with Gasteiger partial charge in [0.05, 0.1) is 12.7 Å². The lowest BCUT2D eigenvalue weighted by Gasteiger charge is -1.96. The Morgan fingerprint density at radius 1 is 1.71 bits per heavy atom. The number of aliphatic carboxylic acids is 1. The number of epoxide rings is 1. The third-order valence-electron chi connectivity index (χ3n) is 1.16. The molecule has 1 unspecified atom stereocenters. The molecule has 1 saturated heterocycles. The molecule has 5 heteroatoms. The fourth-order valence-corrected chi connectivity index (χ4v) is 0.423. The van der Waals surface area contributed by atoms with Crippen LogP contribution in [0, 0.1) is 0 Å². The van der Waals surface area contributed by atoms with Gasteiger partial charge in [-0.25, -0.2) is 0 Å². The number of hydrogen-bond donors (Lipinski definition) is 1. The first-order valence-electron chi connectivity index (χ1n) is 4.16. The Balaban J connectivity index is 0.000000344. The van der Waals surface area contributed by atoms with Crippen LogP contribution in [-0.2, 0) is 19.1 Å². The number of hydrogen-bond acceptors (Lipinski definition) is 4. The number of carboxylic acids is 1. The highest BCUT2D eigenvalue weighted by molar-refractivity contribution is 5.90. The Hall–Kier alpha value is -1.36. The maximum atomic E-state index is 10.4. The molecule has 0 aromatic rings. The van der Waals surface area contributed by atoms with E-state index in [2.05, 4.69) is 18.2 Å². The molecular weight excluding hydrogens is 188 g/mol. The van der Waals surface area contributed by atoms with E-state index in [0.29, 0.717) is 6.10 Å². The zero-order chi connectivity index (χ0) is 11.0. The zero-order valence-corrected chi connectivity index (χ0v) is 8.06. The summed E-state index contributed by atoms with van der Waals surface area (Å²) in [6, 6.07) is 0. The lowest BCUT2D eigenvalue weighted by molar-refractivity contribution is -0.150. The van der Waals surface area contributed by atoms with Gasteiger partial charge in [-0.15, -0.1) is 0 Å². The molecule has 0 radical (unpaired) electrons. The summed E-state index contributed by atoms with van der Waals surface area (Å²) in [7, 11) is 0. The lowest BCUT2D eigenvalue weighted by atomic mass is 10.4. The van der Waals surface area contributed by atoms with Crippen molar-refractivity contribution in [2.24, 2.45) is 0 Å². The molecule has 0 bridgehead atoms. The summed E-state index contributed by atoms with van der Waals surface area (Å²) in [6.45, 7) is 6.39. The van der Waals surface area contributed by atoms with Crippen LogP contribution in [-0.4, -0.2) is 36.4 Å². The summed E-state index contributed by atoms with van der Waals surface area (Å²) in [4.78, 5) is 20.2. The topological polar surface area (TPSA) is 76.1 Å². The van der Waals surface area contributed by atoms with Crippen LogP contribution in [0.2, 0.25) is 0 Å². The van der Waals surface area contributed by atoms with E-state index in [-0.39, 0.29) is 6.61 Å². The van der Waals surface area contributed by atoms with Crippen molar-refractivity contribution in [1.29, 1.82) is 0 Å². The van der Waals surface area contributed by atoms with Gasteiger partial charge in [-0.3, -0.25) is 9.59 Å². The Kier molecular flexibility index (Phi) is 6.39. The number of esters is 1. The van der Waals surface area contributed by atoms with Crippen molar-refractivity contribution < 1.29 is 24.2 Å². The van der Waals surface area contributed by atoms with Crippen molar-refractivity contribution in [2.45, 2.75) is 19.4 Å². The molecule has 80 valence electrons. The second-order valence-electron chi connectivity index (χ2n) is 2.69. The van der Waals surface area contributed by atoms with Crippen LogP contribution >= 0.6 is 0 Å². The van der Waals surface area contributed by atoms with Gasteiger partial charge in [-0.1, -0.05) is 12.7 Å². The van der Waals surface area contributed by atoms with Crippen LogP contribution in [0.3, 0.4) is 0 Å². The standard InChI is InChI=1S/C6H8O4.C3H6O/c1-2-3-10-6(9)4-5(7)8;1-3-2-4-3/h2H,1,3-4H2,(H,7,8);3H,2H2,1H3. The molecule has 0 aromatic carbocycles. The molecule has 1 N–H and O–H groups in total. The van der Waals surface area contributed by atoms with Gasteiger partial charge < -0.3 is 14.6 Å². The van der Waals surface area contributed by atoms with E-state index in [4.69, 9.17) is 9.84 Å². The summed E-state index contributed by atoms with van der Waals surface area (Å²) < 4.78 is 9.07. The van der Waals surface area contributed by atoms with Gasteiger partial charge in [0, 0.05) is 0 Å². The van der Waals surface area contributed by atoms with Crippen molar-refractivity contribution in [3.05, 3.63) is 12.7 Å². The van der Waals surface area contributed by atoms with Crippen LogP contribution in [0.15, 0.2) is 12.7 Å². The molecule has 0 spiro atoms. The maximum Gasteiger partial charge on any atom is 0.317 e. The second kappa shape index (κ2) is 7.08. The Bertz CT molecular complexity index is 207. The highest BCUT2D eigenvalue weighted by Crippen LogP contribution is 2.04. The minimum atomic E-state index is -1.19. The molecule has 1 rings (SSSR count). The maximum absolute atomic E-state index is 10.4. The predicted molar refractivity (Wildman–Crippen MR) is 48.8 cm³/mol. The number of ether oxygens (including phenoxy) is 2. The Morgan fingerprint density at radius 3 is 2.50 bits per heavy atom. The molecule has 14 heavy (non-hydrogen) atoms. The second-order valence-corrected chi connectivity index (χ2v) is 2.69. The van der Waals surface area contributed by atoms with Crippen LogP contribution in [0.5, 0.6) is 0 Å². The van der Waals surface area contributed by atoms with Crippen molar-refractivity contribution in [3.63, 3.8) is 0 Å². The fraction of sp³-hybridized carbons (Fsp3) is 0.556. The summed E-state index contributed by atoms with van der Waals surface area (Å²) in [5.41, 5.74) is 0. The van der Waals surface area contributed by atoms with E-state index in [1.165, 1.54) is 6.08 Å². The third kappa shape index (κ3) is 10.6.